The van der Waals surface area contributed by atoms with Crippen molar-refractivity contribution in [2.75, 3.05) is 26.7 Å². The molecule has 2 aromatic carbocycles. The number of alkyl halides is 3. The van der Waals surface area contributed by atoms with Crippen molar-refractivity contribution >= 4 is 16.8 Å². The molecule has 0 bridgehead atoms. The summed E-state index contributed by atoms with van der Waals surface area (Å²) in [6.07, 6.45) is -1.59. The Morgan fingerprint density at radius 1 is 1.16 bits per heavy atom. The van der Waals surface area contributed by atoms with Crippen LogP contribution in [0.25, 0.3) is 10.9 Å². The van der Waals surface area contributed by atoms with E-state index in [0.29, 0.717) is 5.75 Å². The highest BCUT2D eigenvalue weighted by Gasteiger charge is 2.38. The van der Waals surface area contributed by atoms with E-state index in [1.165, 1.54) is 18.2 Å². The van der Waals surface area contributed by atoms with Crippen molar-refractivity contribution in [1.29, 1.82) is 0 Å². The molecule has 1 aliphatic heterocycles. The number of carbonyl (C=O) groups excluding carboxylic acids is 1. The molecule has 1 aromatic heterocycles. The lowest BCUT2D eigenvalue weighted by Crippen LogP contribution is -2.37. The van der Waals surface area contributed by atoms with Gasteiger partial charge in [0, 0.05) is 18.1 Å². The molecule has 1 atom stereocenters. The molecule has 1 unspecified atom stereocenters. The third-order valence-corrected chi connectivity index (χ3v) is 5.82. The summed E-state index contributed by atoms with van der Waals surface area (Å²) in [5.74, 6) is -0.0984. The van der Waals surface area contributed by atoms with Gasteiger partial charge in [-0.25, -0.2) is 0 Å². The number of pyridine rings is 1. The number of hydrogen-bond donors (Lipinski definition) is 1. The van der Waals surface area contributed by atoms with Crippen LogP contribution in [0.1, 0.15) is 40.4 Å². The van der Waals surface area contributed by atoms with Crippen LogP contribution in [0.3, 0.4) is 0 Å². The lowest BCUT2D eigenvalue weighted by Gasteiger charge is -2.28. The summed E-state index contributed by atoms with van der Waals surface area (Å²) < 4.78 is 47.0. The van der Waals surface area contributed by atoms with Crippen LogP contribution in [0.5, 0.6) is 5.75 Å². The second-order valence-corrected chi connectivity index (χ2v) is 7.81. The average molecular weight is 443 g/mol. The van der Waals surface area contributed by atoms with E-state index in [0.717, 1.165) is 37.7 Å². The monoisotopic (exact) mass is 443 g/mol. The predicted molar refractivity (Wildman–Crippen MR) is 116 cm³/mol. The number of benzene rings is 2. The van der Waals surface area contributed by atoms with Crippen LogP contribution in [0, 0.1) is 0 Å². The molecule has 168 valence electrons. The van der Waals surface area contributed by atoms with E-state index >= 15 is 0 Å². The van der Waals surface area contributed by atoms with Crippen LogP contribution >= 0.6 is 0 Å². The van der Waals surface area contributed by atoms with E-state index in [2.05, 4.69) is 15.2 Å². The van der Waals surface area contributed by atoms with Gasteiger partial charge in [0.1, 0.15) is 5.75 Å². The van der Waals surface area contributed by atoms with Crippen molar-refractivity contribution in [3.63, 3.8) is 0 Å². The number of likely N-dealkylation sites (tertiary alicyclic amines) is 1. The molecule has 0 spiro atoms. The largest absolute Gasteiger partial charge is 0.497 e. The molecule has 1 saturated heterocycles. The highest BCUT2D eigenvalue weighted by atomic mass is 19.4. The molecule has 4 rings (SSSR count). The zero-order chi connectivity index (χ0) is 22.7. The van der Waals surface area contributed by atoms with Crippen LogP contribution < -0.4 is 10.1 Å². The molecule has 0 radical (unpaired) electrons. The highest BCUT2D eigenvalue weighted by molar-refractivity contribution is 6.00. The smallest absolute Gasteiger partial charge is 0.417 e. The zero-order valence-electron chi connectivity index (χ0n) is 17.7. The number of amides is 1. The van der Waals surface area contributed by atoms with E-state index in [-0.39, 0.29) is 23.5 Å². The first-order valence-corrected chi connectivity index (χ1v) is 10.5. The van der Waals surface area contributed by atoms with Crippen molar-refractivity contribution in [1.82, 2.24) is 15.2 Å². The van der Waals surface area contributed by atoms with Gasteiger partial charge in [-0.05, 0) is 49.7 Å². The minimum Gasteiger partial charge on any atom is -0.497 e. The molecule has 2 heterocycles. The highest BCUT2D eigenvalue weighted by Crippen LogP contribution is 2.37. The summed E-state index contributed by atoms with van der Waals surface area (Å²) >= 11 is 0. The fourth-order valence-electron chi connectivity index (χ4n) is 4.26. The van der Waals surface area contributed by atoms with E-state index < -0.39 is 23.2 Å². The van der Waals surface area contributed by atoms with Crippen molar-refractivity contribution in [3.8, 4) is 5.75 Å². The van der Waals surface area contributed by atoms with Crippen LogP contribution in [-0.2, 0) is 6.18 Å². The van der Waals surface area contributed by atoms with Gasteiger partial charge in [-0.2, -0.15) is 13.2 Å². The van der Waals surface area contributed by atoms with Crippen molar-refractivity contribution in [2.24, 2.45) is 0 Å². The van der Waals surface area contributed by atoms with E-state index in [9.17, 15) is 18.0 Å². The number of halogens is 3. The van der Waals surface area contributed by atoms with Gasteiger partial charge in [0.15, 0.2) is 0 Å². The van der Waals surface area contributed by atoms with Gasteiger partial charge in [-0.3, -0.25) is 14.7 Å². The minimum absolute atomic E-state index is 0.0865. The number of methoxy groups -OCH3 is 1. The Hall–Kier alpha value is -3.13. The number of rotatable bonds is 6. The maximum atomic E-state index is 13.9. The van der Waals surface area contributed by atoms with E-state index in [1.807, 2.05) is 24.3 Å². The lowest BCUT2D eigenvalue weighted by atomic mass is 10.0. The van der Waals surface area contributed by atoms with Crippen molar-refractivity contribution < 1.29 is 22.7 Å². The molecule has 0 aliphatic carbocycles. The van der Waals surface area contributed by atoms with Gasteiger partial charge in [0.2, 0.25) is 0 Å². The number of carbonyl (C=O) groups is 1. The summed E-state index contributed by atoms with van der Waals surface area (Å²) in [5.41, 5.74) is -0.288. The molecule has 1 amide bonds. The normalized spacial score (nSPS) is 15.6. The van der Waals surface area contributed by atoms with Crippen LogP contribution in [0.15, 0.2) is 54.7 Å². The Labute approximate surface area is 184 Å². The predicted octanol–water partition coefficient (Wildman–Crippen LogP) is 4.83. The maximum Gasteiger partial charge on any atom is 0.417 e. The summed E-state index contributed by atoms with van der Waals surface area (Å²) in [6.45, 7) is 1.91. The van der Waals surface area contributed by atoms with E-state index in [4.69, 9.17) is 4.74 Å². The Bertz CT molecular complexity index is 1110. The van der Waals surface area contributed by atoms with Gasteiger partial charge in [0.25, 0.3) is 5.91 Å². The molecule has 32 heavy (non-hydrogen) atoms. The summed E-state index contributed by atoms with van der Waals surface area (Å²) in [6, 6.07) is 13.3. The van der Waals surface area contributed by atoms with Crippen molar-refractivity contribution in [3.05, 3.63) is 71.4 Å². The summed E-state index contributed by atoms with van der Waals surface area (Å²) in [7, 11) is 1.58. The van der Waals surface area contributed by atoms with Crippen LogP contribution in [0.2, 0.25) is 0 Å². The SMILES string of the molecule is COc1cccc(C(CNC(=O)c2cnc3ccccc3c2C(F)(F)F)N2CCCC2)c1. The molecule has 1 N–H and O–H groups in total. The van der Waals surface area contributed by atoms with Crippen molar-refractivity contribution in [2.45, 2.75) is 25.1 Å². The molecule has 1 fully saturated rings. The first-order valence-electron chi connectivity index (χ1n) is 10.5. The lowest BCUT2D eigenvalue weighted by molar-refractivity contribution is -0.136. The Balaban J connectivity index is 1.63. The number of ether oxygens (including phenoxy) is 1. The molecule has 8 heteroatoms. The number of hydrogen-bond acceptors (Lipinski definition) is 4. The maximum absolute atomic E-state index is 13.9. The summed E-state index contributed by atoms with van der Waals surface area (Å²) in [5, 5.41) is 2.64. The fraction of sp³-hybridized carbons (Fsp3) is 0.333. The fourth-order valence-corrected chi connectivity index (χ4v) is 4.26. The van der Waals surface area contributed by atoms with Gasteiger partial charge < -0.3 is 10.1 Å². The first kappa shape index (κ1) is 22.1. The number of nitrogens with one attached hydrogen (secondary N) is 1. The zero-order valence-corrected chi connectivity index (χ0v) is 17.7. The van der Waals surface area contributed by atoms with Crippen LogP contribution in [0.4, 0.5) is 13.2 Å². The first-order chi connectivity index (χ1) is 15.4. The minimum atomic E-state index is -4.68. The number of aromatic nitrogens is 1. The van der Waals surface area contributed by atoms with Crippen LogP contribution in [-0.4, -0.2) is 42.5 Å². The summed E-state index contributed by atoms with van der Waals surface area (Å²) in [4.78, 5) is 19.2. The van der Waals surface area contributed by atoms with Gasteiger partial charge in [0.05, 0.1) is 29.8 Å². The van der Waals surface area contributed by atoms with Gasteiger partial charge >= 0.3 is 6.18 Å². The Morgan fingerprint density at radius 3 is 2.62 bits per heavy atom. The molecular weight excluding hydrogens is 419 g/mol. The molecule has 3 aromatic rings. The number of nitrogens with zero attached hydrogens (tertiary/aromatic N) is 2. The topological polar surface area (TPSA) is 54.5 Å². The third kappa shape index (κ3) is 4.55. The van der Waals surface area contributed by atoms with Gasteiger partial charge in [-0.1, -0.05) is 30.3 Å². The second kappa shape index (κ2) is 9.16. The van der Waals surface area contributed by atoms with Gasteiger partial charge in [-0.15, -0.1) is 0 Å². The Morgan fingerprint density at radius 2 is 1.91 bits per heavy atom. The molecule has 0 saturated carbocycles. The average Bonchev–Trinajstić information content (AvgIpc) is 3.32. The quantitative estimate of drug-likeness (QED) is 0.593. The molecule has 5 nitrogen and oxygen atoms in total. The standard InChI is InChI=1S/C24H24F3N3O2/c1-32-17-8-6-7-16(13-17)21(30-11-4-5-12-30)15-29-23(31)19-14-28-20-10-3-2-9-18(20)22(19)24(25,26)27/h2-3,6-10,13-14,21H,4-5,11-12,15H2,1H3,(H,29,31). The van der Waals surface area contributed by atoms with E-state index in [1.54, 1.807) is 13.2 Å². The second-order valence-electron chi connectivity index (χ2n) is 7.81. The third-order valence-electron chi connectivity index (χ3n) is 5.82. The number of fused-ring (bicyclic) bond motifs is 1. The number of para-hydroxylation sites is 1. The molecule has 1 aliphatic rings. The molecular formula is C24H24F3N3O2. The Kier molecular flexibility index (Phi) is 6.32.